The molecule has 2 amide bonds. The van der Waals surface area contributed by atoms with Crippen LogP contribution in [0.5, 0.6) is 0 Å². The number of nitrogens with one attached hydrogen (secondary N) is 3. The van der Waals surface area contributed by atoms with Crippen molar-refractivity contribution in [1.82, 2.24) is 16.0 Å². The summed E-state index contributed by atoms with van der Waals surface area (Å²) in [5.41, 5.74) is 2.21. The van der Waals surface area contributed by atoms with Crippen molar-refractivity contribution in [3.8, 4) is 0 Å². The number of benzene rings is 2. The molecule has 1 aliphatic rings. The molecule has 0 aliphatic carbocycles. The van der Waals surface area contributed by atoms with Gasteiger partial charge in [0, 0.05) is 42.9 Å². The van der Waals surface area contributed by atoms with Gasteiger partial charge in [0.25, 0.3) is 5.91 Å². The number of rotatable bonds is 12. The van der Waals surface area contributed by atoms with Crippen molar-refractivity contribution in [2.45, 2.75) is 31.4 Å². The van der Waals surface area contributed by atoms with Crippen LogP contribution in [0.15, 0.2) is 48.5 Å². The van der Waals surface area contributed by atoms with Crippen molar-refractivity contribution in [3.63, 3.8) is 0 Å². The number of amides is 2. The fourth-order valence-electron chi connectivity index (χ4n) is 4.32. The zero-order chi connectivity index (χ0) is 25.8. The van der Waals surface area contributed by atoms with Crippen LogP contribution in [0.25, 0.3) is 0 Å². The third-order valence-corrected chi connectivity index (χ3v) is 6.47. The molecule has 3 N–H and O–H groups in total. The fourth-order valence-corrected chi connectivity index (χ4v) is 4.52. The molecule has 1 saturated heterocycles. The lowest BCUT2D eigenvalue weighted by Gasteiger charge is -2.26. The van der Waals surface area contributed by atoms with Gasteiger partial charge in [-0.05, 0) is 67.6 Å². The molecule has 0 spiro atoms. The first-order chi connectivity index (χ1) is 17.5. The van der Waals surface area contributed by atoms with E-state index in [9.17, 15) is 9.59 Å². The maximum Gasteiger partial charge on any atom is 0.406 e. The molecule has 1 heterocycles. The Labute approximate surface area is 218 Å². The minimum Gasteiger partial charge on any atom is -0.453 e. The normalized spacial score (nSPS) is 17.1. The summed E-state index contributed by atoms with van der Waals surface area (Å²) in [4.78, 5) is 24.3. The molecule has 1 fully saturated rings. The highest BCUT2D eigenvalue weighted by molar-refractivity contribution is 6.30. The zero-order valence-electron chi connectivity index (χ0n) is 20.9. The highest BCUT2D eigenvalue weighted by atomic mass is 35.5. The van der Waals surface area contributed by atoms with Crippen molar-refractivity contribution in [3.05, 3.63) is 70.2 Å². The Bertz CT molecular complexity index is 983. The summed E-state index contributed by atoms with van der Waals surface area (Å²) in [6.07, 6.45) is 2.23. The van der Waals surface area contributed by atoms with Crippen LogP contribution < -0.4 is 16.0 Å². The minimum absolute atomic E-state index is 0.144. The number of methoxy groups -OCH3 is 1. The number of carbonyl (C=O) groups is 2. The first-order valence-corrected chi connectivity index (χ1v) is 12.7. The summed E-state index contributed by atoms with van der Waals surface area (Å²) >= 11 is 6.23. The Morgan fingerprint density at radius 2 is 1.92 bits per heavy atom. The third kappa shape index (κ3) is 8.78. The summed E-state index contributed by atoms with van der Waals surface area (Å²) in [5.74, 6) is 0.370. The Balaban J connectivity index is 1.66. The zero-order valence-corrected chi connectivity index (χ0v) is 21.7. The van der Waals surface area contributed by atoms with Crippen molar-refractivity contribution in [2.75, 3.05) is 47.1 Å². The maximum absolute atomic E-state index is 13.0. The van der Waals surface area contributed by atoms with Gasteiger partial charge in [0.2, 0.25) is 0 Å². The predicted molar refractivity (Wildman–Crippen MR) is 139 cm³/mol. The molecule has 0 aromatic heterocycles. The highest BCUT2D eigenvalue weighted by Crippen LogP contribution is 2.28. The van der Waals surface area contributed by atoms with Gasteiger partial charge >= 0.3 is 6.09 Å². The lowest BCUT2D eigenvalue weighted by Crippen LogP contribution is -2.41. The summed E-state index contributed by atoms with van der Waals surface area (Å²) in [6, 6.07) is 14.9. The Hall–Kier alpha value is -2.65. The quantitative estimate of drug-likeness (QED) is 0.369. The second-order valence-corrected chi connectivity index (χ2v) is 9.30. The van der Waals surface area contributed by atoms with Gasteiger partial charge < -0.3 is 30.2 Å². The molecule has 0 bridgehead atoms. The topological polar surface area (TPSA) is 97.9 Å². The van der Waals surface area contributed by atoms with E-state index in [1.54, 1.807) is 12.1 Å². The average molecular weight is 518 g/mol. The van der Waals surface area contributed by atoms with Crippen LogP contribution in [0, 0.1) is 5.92 Å². The number of carbonyl (C=O) groups excluding carboxylic acids is 2. The second-order valence-electron chi connectivity index (χ2n) is 8.86. The summed E-state index contributed by atoms with van der Waals surface area (Å²) in [5, 5.41) is 9.56. The second kappa shape index (κ2) is 14.8. The van der Waals surface area contributed by atoms with E-state index in [1.807, 2.05) is 43.4 Å². The molecule has 0 saturated carbocycles. The van der Waals surface area contributed by atoms with Gasteiger partial charge in [-0.15, -0.1) is 0 Å². The average Bonchev–Trinajstić information content (AvgIpc) is 2.91. The lowest BCUT2D eigenvalue weighted by atomic mass is 9.94. The molecular weight excluding hydrogens is 482 g/mol. The summed E-state index contributed by atoms with van der Waals surface area (Å²) in [6.45, 7) is 2.69. The van der Waals surface area contributed by atoms with Gasteiger partial charge in [-0.3, -0.25) is 4.79 Å². The first-order valence-electron chi connectivity index (χ1n) is 12.3. The number of ether oxygens (including phenoxy) is 3. The van der Waals surface area contributed by atoms with E-state index in [-0.39, 0.29) is 25.1 Å². The van der Waals surface area contributed by atoms with E-state index < -0.39 is 12.2 Å². The monoisotopic (exact) mass is 517 g/mol. The van der Waals surface area contributed by atoms with Crippen molar-refractivity contribution >= 4 is 23.6 Å². The lowest BCUT2D eigenvalue weighted by molar-refractivity contribution is 0.0478. The minimum atomic E-state index is -0.521. The fraction of sp³-hybridized carbons (Fsp3) is 0.481. The molecule has 1 aliphatic heterocycles. The first kappa shape index (κ1) is 27.9. The highest BCUT2D eigenvalue weighted by Gasteiger charge is 2.20. The number of halogens is 1. The molecule has 3 rings (SSSR count). The molecular formula is C27H36ClN3O5. The molecule has 36 heavy (non-hydrogen) atoms. The van der Waals surface area contributed by atoms with E-state index in [4.69, 9.17) is 21.1 Å². The van der Waals surface area contributed by atoms with Gasteiger partial charge in [-0.2, -0.15) is 0 Å². The predicted octanol–water partition coefficient (Wildman–Crippen LogP) is 3.94. The van der Waals surface area contributed by atoms with E-state index in [1.165, 1.54) is 7.11 Å². The van der Waals surface area contributed by atoms with Gasteiger partial charge in [-0.25, -0.2) is 4.79 Å². The number of hydrogen-bond acceptors (Lipinski definition) is 6. The SMILES string of the molecule is CN[C@H](CNC(=O)c1cccc([C@@H](OCCNC(=O)OC)c2cccc(Cl)c2)c1)C[C@H]1CCCOC1. The molecule has 8 nitrogen and oxygen atoms in total. The molecule has 9 heteroatoms. The van der Waals surface area contributed by atoms with E-state index in [0.29, 0.717) is 23.0 Å². The summed E-state index contributed by atoms with van der Waals surface area (Å²) < 4.78 is 16.3. The van der Waals surface area contributed by atoms with Crippen molar-refractivity contribution in [1.29, 1.82) is 0 Å². The van der Waals surface area contributed by atoms with Gasteiger partial charge in [0.15, 0.2) is 0 Å². The number of alkyl carbamates (subject to hydrolysis) is 1. The number of likely N-dealkylation sites (N-methyl/N-ethyl adjacent to an activating group) is 1. The summed E-state index contributed by atoms with van der Waals surface area (Å²) in [7, 11) is 3.23. The Kier molecular flexibility index (Phi) is 11.5. The van der Waals surface area contributed by atoms with Gasteiger partial charge in [0.05, 0.1) is 13.7 Å². The maximum atomic E-state index is 13.0. The van der Waals surface area contributed by atoms with Gasteiger partial charge in [0.1, 0.15) is 6.10 Å². The standard InChI is InChI=1S/C27H36ClN3O5/c1-29-24(14-19-6-5-12-35-18-19)17-31-26(32)22-9-3-7-20(15-22)25(21-8-4-10-23(28)16-21)36-13-11-30-27(33)34-2/h3-4,7-10,15-16,19,24-25,29H,5-6,11-14,17-18H2,1-2H3,(H,30,33)(H,31,32)/t19-,24+,25-/m1/s1. The van der Waals surface area contributed by atoms with E-state index in [0.717, 1.165) is 43.6 Å². The van der Waals surface area contributed by atoms with Crippen LogP contribution in [0.2, 0.25) is 5.02 Å². The molecule has 0 unspecified atom stereocenters. The third-order valence-electron chi connectivity index (χ3n) is 6.23. The molecule has 2 aromatic rings. The van der Waals surface area contributed by atoms with E-state index >= 15 is 0 Å². The molecule has 0 radical (unpaired) electrons. The Morgan fingerprint density at radius 1 is 1.14 bits per heavy atom. The largest absolute Gasteiger partial charge is 0.453 e. The smallest absolute Gasteiger partial charge is 0.406 e. The number of hydrogen-bond donors (Lipinski definition) is 3. The van der Waals surface area contributed by atoms with E-state index in [2.05, 4.69) is 20.7 Å². The van der Waals surface area contributed by atoms with Gasteiger partial charge in [-0.1, -0.05) is 35.9 Å². The Morgan fingerprint density at radius 3 is 2.61 bits per heavy atom. The van der Waals surface area contributed by atoms with Crippen LogP contribution in [0.4, 0.5) is 4.79 Å². The van der Waals surface area contributed by atoms with Crippen LogP contribution in [0.1, 0.15) is 46.9 Å². The molecule has 2 aromatic carbocycles. The van der Waals surface area contributed by atoms with Crippen LogP contribution in [0.3, 0.4) is 0 Å². The van der Waals surface area contributed by atoms with Crippen LogP contribution in [-0.2, 0) is 14.2 Å². The molecule has 196 valence electrons. The van der Waals surface area contributed by atoms with Crippen molar-refractivity contribution in [2.24, 2.45) is 5.92 Å². The van der Waals surface area contributed by atoms with Crippen molar-refractivity contribution < 1.29 is 23.8 Å². The molecule has 3 atom stereocenters. The van der Waals surface area contributed by atoms with Crippen LogP contribution >= 0.6 is 11.6 Å². The van der Waals surface area contributed by atoms with Crippen LogP contribution in [-0.4, -0.2) is 65.1 Å².